The molecule has 0 spiro atoms. The van der Waals surface area contributed by atoms with Crippen molar-refractivity contribution in [2.24, 2.45) is 5.41 Å². The first-order chi connectivity index (χ1) is 16.1. The van der Waals surface area contributed by atoms with Crippen molar-refractivity contribution >= 4 is 23.3 Å². The van der Waals surface area contributed by atoms with Gasteiger partial charge in [0, 0.05) is 19.2 Å². The molecular weight excluding hydrogens is 416 g/mol. The van der Waals surface area contributed by atoms with E-state index in [4.69, 9.17) is 4.74 Å². The smallest absolute Gasteiger partial charge is 0.238 e. The van der Waals surface area contributed by atoms with Gasteiger partial charge in [0.15, 0.2) is 5.78 Å². The van der Waals surface area contributed by atoms with Crippen molar-refractivity contribution in [2.45, 2.75) is 18.9 Å². The third kappa shape index (κ3) is 3.26. The Bertz CT molecular complexity index is 1240. The van der Waals surface area contributed by atoms with Crippen molar-refractivity contribution in [1.29, 1.82) is 0 Å². The summed E-state index contributed by atoms with van der Waals surface area (Å²) in [6.45, 7) is 0.324. The fourth-order valence-electron chi connectivity index (χ4n) is 5.12. The zero-order chi connectivity index (χ0) is 23.0. The van der Waals surface area contributed by atoms with E-state index < -0.39 is 17.2 Å². The lowest BCUT2D eigenvalue weighted by molar-refractivity contribution is -0.134. The van der Waals surface area contributed by atoms with Crippen molar-refractivity contribution in [3.05, 3.63) is 101 Å². The standard InChI is InChI=1S/C27H24N2O4/c1-33-17-29-22-14-8-7-13-21(22)23(25(29)31)27(15-19-11-5-6-12-20(19)24(27)30)26(32)28-16-18-9-3-2-4-10-18/h2-14,23H,15-17H2,1H3,(H,28,32)/t23-,27-/m0/s1. The number of hydrogen-bond donors (Lipinski definition) is 1. The van der Waals surface area contributed by atoms with Crippen LogP contribution in [0.2, 0.25) is 0 Å². The molecule has 0 saturated carbocycles. The minimum absolute atomic E-state index is 0.0508. The molecule has 0 aromatic heterocycles. The Hall–Kier alpha value is -3.77. The number of nitrogens with zero attached hydrogens (tertiary/aromatic N) is 1. The summed E-state index contributed by atoms with van der Waals surface area (Å²) in [5, 5.41) is 2.96. The van der Waals surface area contributed by atoms with E-state index in [2.05, 4.69) is 5.32 Å². The molecule has 0 bridgehead atoms. The first-order valence-electron chi connectivity index (χ1n) is 10.9. The molecule has 2 atom stereocenters. The number of nitrogens with one attached hydrogen (secondary N) is 1. The number of methoxy groups -OCH3 is 1. The number of amides is 2. The Morgan fingerprint density at radius 3 is 2.45 bits per heavy atom. The van der Waals surface area contributed by atoms with Gasteiger partial charge in [0.2, 0.25) is 11.8 Å². The number of anilines is 1. The van der Waals surface area contributed by atoms with E-state index in [1.807, 2.05) is 66.7 Å². The molecule has 2 amide bonds. The summed E-state index contributed by atoms with van der Waals surface area (Å²) in [5.74, 6) is -1.97. The highest BCUT2D eigenvalue weighted by atomic mass is 16.5. The van der Waals surface area contributed by atoms with Crippen molar-refractivity contribution in [3.8, 4) is 0 Å². The SMILES string of the molecule is COCN1C(=O)[C@@H]([C@@]2(C(=O)NCc3ccccc3)Cc3ccccc3C2=O)c2ccccc21. The number of ketones is 1. The van der Waals surface area contributed by atoms with Gasteiger partial charge in [0.1, 0.15) is 12.1 Å². The molecule has 1 aliphatic heterocycles. The number of Topliss-reactive ketones (excluding diaryl/α,β-unsaturated/α-hetero) is 1. The van der Waals surface area contributed by atoms with Gasteiger partial charge in [0.05, 0.1) is 11.6 Å². The van der Waals surface area contributed by atoms with Crippen LogP contribution in [-0.4, -0.2) is 31.4 Å². The molecule has 0 unspecified atom stereocenters. The Morgan fingerprint density at radius 1 is 1.00 bits per heavy atom. The monoisotopic (exact) mass is 440 g/mol. The molecule has 6 heteroatoms. The second-order valence-electron chi connectivity index (χ2n) is 8.48. The van der Waals surface area contributed by atoms with E-state index in [9.17, 15) is 14.4 Å². The minimum Gasteiger partial charge on any atom is -0.364 e. The Morgan fingerprint density at radius 2 is 1.70 bits per heavy atom. The first kappa shape index (κ1) is 21.1. The molecule has 166 valence electrons. The van der Waals surface area contributed by atoms with E-state index >= 15 is 0 Å². The molecule has 3 aromatic carbocycles. The highest BCUT2D eigenvalue weighted by Gasteiger charge is 2.62. The average Bonchev–Trinajstić information content (AvgIpc) is 3.30. The normalized spacial score (nSPS) is 21.1. The molecule has 3 aromatic rings. The maximum absolute atomic E-state index is 13.9. The summed E-state index contributed by atoms with van der Waals surface area (Å²) < 4.78 is 5.27. The lowest BCUT2D eigenvalue weighted by atomic mass is 9.68. The lowest BCUT2D eigenvalue weighted by Gasteiger charge is -2.32. The first-order valence-corrected chi connectivity index (χ1v) is 10.9. The topological polar surface area (TPSA) is 75.7 Å². The van der Waals surface area contributed by atoms with Crippen LogP contribution in [0.3, 0.4) is 0 Å². The van der Waals surface area contributed by atoms with E-state index in [1.165, 1.54) is 12.0 Å². The summed E-state index contributed by atoms with van der Waals surface area (Å²) in [4.78, 5) is 43.1. The van der Waals surface area contributed by atoms with Crippen molar-refractivity contribution < 1.29 is 19.1 Å². The van der Waals surface area contributed by atoms with Crippen molar-refractivity contribution in [2.75, 3.05) is 18.7 Å². The van der Waals surface area contributed by atoms with E-state index in [1.54, 1.807) is 12.1 Å². The maximum atomic E-state index is 13.9. The van der Waals surface area contributed by atoms with E-state index in [-0.39, 0.29) is 31.4 Å². The van der Waals surface area contributed by atoms with Gasteiger partial charge in [-0.15, -0.1) is 0 Å². The molecular formula is C27H24N2O4. The predicted molar refractivity (Wildman–Crippen MR) is 124 cm³/mol. The zero-order valence-corrected chi connectivity index (χ0v) is 18.3. The van der Waals surface area contributed by atoms with Crippen molar-refractivity contribution in [1.82, 2.24) is 5.32 Å². The molecule has 1 aliphatic carbocycles. The molecule has 33 heavy (non-hydrogen) atoms. The molecule has 1 heterocycles. The second kappa shape index (κ2) is 8.30. The predicted octanol–water partition coefficient (Wildman–Crippen LogP) is 3.46. The summed E-state index contributed by atoms with van der Waals surface area (Å²) in [6, 6.07) is 24.1. The number of ether oxygens (including phenoxy) is 1. The second-order valence-corrected chi connectivity index (χ2v) is 8.48. The summed E-state index contributed by atoms with van der Waals surface area (Å²) in [6.07, 6.45) is 0.175. The minimum atomic E-state index is -1.56. The number of benzene rings is 3. The summed E-state index contributed by atoms with van der Waals surface area (Å²) in [7, 11) is 1.52. The lowest BCUT2D eigenvalue weighted by Crippen LogP contribution is -2.52. The highest BCUT2D eigenvalue weighted by Crippen LogP contribution is 2.53. The fraction of sp³-hybridized carbons (Fsp3) is 0.222. The molecule has 1 N–H and O–H groups in total. The van der Waals surface area contributed by atoms with E-state index in [0.717, 1.165) is 11.1 Å². The zero-order valence-electron chi connectivity index (χ0n) is 18.3. The third-order valence-electron chi connectivity index (χ3n) is 6.64. The molecule has 0 radical (unpaired) electrons. The van der Waals surface area contributed by atoms with Crippen LogP contribution < -0.4 is 10.2 Å². The van der Waals surface area contributed by atoms with Crippen LogP contribution in [0.25, 0.3) is 0 Å². The van der Waals surface area contributed by atoms with Gasteiger partial charge in [0.25, 0.3) is 0 Å². The van der Waals surface area contributed by atoms with E-state index in [0.29, 0.717) is 16.8 Å². The quantitative estimate of drug-likeness (QED) is 0.596. The Balaban J connectivity index is 1.61. The van der Waals surface area contributed by atoms with Crippen LogP contribution in [0.15, 0.2) is 78.9 Å². The van der Waals surface area contributed by atoms with Gasteiger partial charge in [-0.3, -0.25) is 19.3 Å². The molecule has 2 aliphatic rings. The van der Waals surface area contributed by atoms with Crippen LogP contribution in [0.1, 0.15) is 33.0 Å². The van der Waals surface area contributed by atoms with Crippen molar-refractivity contribution in [3.63, 3.8) is 0 Å². The van der Waals surface area contributed by atoms with Gasteiger partial charge >= 0.3 is 0 Å². The molecule has 6 nitrogen and oxygen atoms in total. The number of carbonyl (C=O) groups is 3. The van der Waals surface area contributed by atoms with Crippen LogP contribution >= 0.6 is 0 Å². The molecule has 0 saturated heterocycles. The van der Waals surface area contributed by atoms with Gasteiger partial charge in [-0.25, -0.2) is 0 Å². The van der Waals surface area contributed by atoms with Crippen LogP contribution in [0.4, 0.5) is 5.69 Å². The maximum Gasteiger partial charge on any atom is 0.238 e. The Labute approximate surface area is 192 Å². The highest BCUT2D eigenvalue weighted by molar-refractivity contribution is 6.23. The summed E-state index contributed by atoms with van der Waals surface area (Å²) >= 11 is 0. The van der Waals surface area contributed by atoms with Crippen LogP contribution in [-0.2, 0) is 27.3 Å². The number of para-hydroxylation sites is 1. The van der Waals surface area contributed by atoms with Gasteiger partial charge in [-0.05, 0) is 29.2 Å². The fourth-order valence-corrected chi connectivity index (χ4v) is 5.12. The van der Waals surface area contributed by atoms with Gasteiger partial charge in [-0.2, -0.15) is 0 Å². The van der Waals surface area contributed by atoms with Gasteiger partial charge in [-0.1, -0.05) is 72.8 Å². The number of hydrogen-bond acceptors (Lipinski definition) is 4. The molecule has 5 rings (SSSR count). The Kier molecular flexibility index (Phi) is 5.30. The largest absolute Gasteiger partial charge is 0.364 e. The van der Waals surface area contributed by atoms with Gasteiger partial charge < -0.3 is 10.1 Å². The number of carbonyl (C=O) groups excluding carboxylic acids is 3. The van der Waals surface area contributed by atoms with Crippen LogP contribution in [0.5, 0.6) is 0 Å². The van der Waals surface area contributed by atoms with Crippen LogP contribution in [0, 0.1) is 5.41 Å². The number of fused-ring (bicyclic) bond motifs is 2. The molecule has 0 fully saturated rings. The third-order valence-corrected chi connectivity index (χ3v) is 6.64. The number of rotatable bonds is 6. The average molecular weight is 440 g/mol. The summed E-state index contributed by atoms with van der Waals surface area (Å²) in [5.41, 5.74) is 2.00.